The lowest BCUT2D eigenvalue weighted by atomic mass is 9.33. The molecule has 0 atom stereocenters. The minimum absolute atomic E-state index is 0.0313. The number of esters is 2. The number of anilines is 6. The first-order valence-electron chi connectivity index (χ1n) is 36.0. The number of para-hydroxylation sites is 3. The molecule has 108 heavy (non-hydrogen) atoms. The van der Waals surface area contributed by atoms with Crippen LogP contribution in [-0.2, 0) is 22.7 Å². The highest BCUT2D eigenvalue weighted by Crippen LogP contribution is 2.46. The highest BCUT2D eigenvalue weighted by atomic mass is 16.5. The summed E-state index contributed by atoms with van der Waals surface area (Å²) < 4.78 is 14.1. The van der Waals surface area contributed by atoms with E-state index in [9.17, 15) is 9.59 Å². The Hall–Kier alpha value is -14.4. The molecule has 0 N–H and O–H groups in total. The Morgan fingerprint density at radius 3 is 1.25 bits per heavy atom. The summed E-state index contributed by atoms with van der Waals surface area (Å²) >= 11 is 0. The van der Waals surface area contributed by atoms with Crippen LogP contribution in [0.5, 0.6) is 0 Å². The molecule has 0 bridgehead atoms. The summed E-state index contributed by atoms with van der Waals surface area (Å²) in [5.74, 6) is 0.882. The van der Waals surface area contributed by atoms with Gasteiger partial charge in [0.1, 0.15) is 13.2 Å². The Labute approximate surface area is 623 Å². The number of hydrogen-bond acceptors (Lipinski definition) is 11. The summed E-state index contributed by atoms with van der Waals surface area (Å²) in [5, 5.41) is 1.40. The minimum atomic E-state index is -0.493. The van der Waals surface area contributed by atoms with E-state index in [1.807, 2.05) is 170 Å². The maximum absolute atomic E-state index is 14.2. The van der Waals surface area contributed by atoms with Crippen molar-refractivity contribution in [1.82, 2.24) is 29.5 Å². The van der Waals surface area contributed by atoms with E-state index in [0.29, 0.717) is 73.4 Å². The summed E-state index contributed by atoms with van der Waals surface area (Å²) in [7, 11) is 0. The lowest BCUT2D eigenvalue weighted by molar-refractivity contribution is 0.0464. The molecule has 12 nitrogen and oxygen atoms in total. The average Bonchev–Trinajstić information content (AvgIpc) is 1.02. The molecule has 19 rings (SSSR count). The summed E-state index contributed by atoms with van der Waals surface area (Å²) in [6, 6.07) is 121. The van der Waals surface area contributed by atoms with Crippen LogP contribution in [0.15, 0.2) is 358 Å². The molecule has 13 heteroatoms. The summed E-state index contributed by atoms with van der Waals surface area (Å²) in [6.45, 7) is 0.211. The molecular formula is C95H63BN8O4. The molecule has 0 amide bonds. The van der Waals surface area contributed by atoms with Crippen molar-refractivity contribution in [2.45, 2.75) is 13.2 Å². The van der Waals surface area contributed by atoms with Gasteiger partial charge in [0.15, 0.2) is 23.3 Å². The predicted molar refractivity (Wildman–Crippen MR) is 433 cm³/mol. The molecule has 0 saturated carbocycles. The smallest absolute Gasteiger partial charge is 0.338 e. The van der Waals surface area contributed by atoms with Crippen LogP contribution in [0, 0.1) is 0 Å². The number of carbonyl (C=O) groups is 2. The van der Waals surface area contributed by atoms with Gasteiger partial charge in [0.05, 0.1) is 39.2 Å². The highest BCUT2D eigenvalue weighted by molar-refractivity contribution is 7.00. The monoisotopic (exact) mass is 1390 g/mol. The Kier molecular flexibility index (Phi) is 16.5. The van der Waals surface area contributed by atoms with Gasteiger partial charge in [0.25, 0.3) is 6.71 Å². The van der Waals surface area contributed by atoms with Gasteiger partial charge in [0, 0.05) is 78.3 Å². The number of aromatic nitrogens is 6. The summed E-state index contributed by atoms with van der Waals surface area (Å²) in [6.07, 6.45) is 0. The minimum Gasteiger partial charge on any atom is -0.457 e. The third-order valence-corrected chi connectivity index (χ3v) is 20.3. The third-order valence-electron chi connectivity index (χ3n) is 20.3. The van der Waals surface area contributed by atoms with Crippen molar-refractivity contribution in [2.75, 3.05) is 9.80 Å². The molecular weight excluding hydrogens is 1330 g/mol. The Morgan fingerprint density at radius 2 is 0.713 bits per heavy atom. The van der Waals surface area contributed by atoms with Crippen molar-refractivity contribution in [2.24, 2.45) is 0 Å². The normalized spacial score (nSPS) is 12.0. The molecule has 0 fully saturated rings. The fourth-order valence-electron chi connectivity index (χ4n) is 15.2. The van der Waals surface area contributed by atoms with Gasteiger partial charge in [0.2, 0.25) is 0 Å². The predicted octanol–water partition coefficient (Wildman–Crippen LogP) is 20.2. The van der Waals surface area contributed by atoms with Gasteiger partial charge in [-0.2, -0.15) is 0 Å². The second kappa shape index (κ2) is 27.6. The molecule has 5 heterocycles. The van der Waals surface area contributed by atoms with Crippen LogP contribution in [0.25, 0.3) is 107 Å². The van der Waals surface area contributed by atoms with Crippen molar-refractivity contribution in [3.8, 4) is 84.9 Å². The van der Waals surface area contributed by atoms with E-state index in [-0.39, 0.29) is 19.9 Å². The SMILES string of the molecule is O=C(OCc1ccccc1)c1ccc2c(c1)c1cc(C(=O)OCc3ccccc3)ccc1n2-c1ccc(-c2nc(-c3ccccc3)nc(-c3ccccc3)n2)cc1-c1nc(-c2ccccc2)cc(-c2cccc(-c3ccc(N4c5ccccc5B5c6ccccc6N(c6ccccc6)c6cccc4c65)cc3)c2)n1. The number of carbonyl (C=O) groups excluding carboxylic acids is 2. The quantitative estimate of drug-likeness (QED) is 0.0677. The molecule has 510 valence electrons. The van der Waals surface area contributed by atoms with E-state index < -0.39 is 11.9 Å². The molecule has 3 aromatic heterocycles. The van der Waals surface area contributed by atoms with E-state index in [2.05, 4.69) is 190 Å². The fourth-order valence-corrected chi connectivity index (χ4v) is 15.2. The first-order valence-corrected chi connectivity index (χ1v) is 36.0. The zero-order chi connectivity index (χ0) is 72.0. The molecule has 2 aliphatic rings. The first-order chi connectivity index (χ1) is 53.4. The summed E-state index contributed by atoms with van der Waals surface area (Å²) in [4.78, 5) is 60.1. The van der Waals surface area contributed by atoms with E-state index >= 15 is 0 Å². The molecule has 0 unspecified atom stereocenters. The second-order valence-electron chi connectivity index (χ2n) is 26.9. The van der Waals surface area contributed by atoms with Gasteiger partial charge in [-0.05, 0) is 154 Å². The molecule has 0 spiro atoms. The second-order valence-corrected chi connectivity index (χ2v) is 26.9. The van der Waals surface area contributed by atoms with Gasteiger partial charge in [-0.15, -0.1) is 0 Å². The molecule has 0 aliphatic carbocycles. The van der Waals surface area contributed by atoms with Crippen LogP contribution in [0.2, 0.25) is 0 Å². The van der Waals surface area contributed by atoms with Crippen molar-refractivity contribution < 1.29 is 19.1 Å². The van der Waals surface area contributed by atoms with Crippen LogP contribution in [0.3, 0.4) is 0 Å². The van der Waals surface area contributed by atoms with Crippen LogP contribution in [0.4, 0.5) is 34.1 Å². The zero-order valence-corrected chi connectivity index (χ0v) is 58.3. The first kappa shape index (κ1) is 64.4. The van der Waals surface area contributed by atoms with Crippen molar-refractivity contribution in [3.63, 3.8) is 0 Å². The van der Waals surface area contributed by atoms with E-state index in [1.54, 1.807) is 12.1 Å². The van der Waals surface area contributed by atoms with Crippen LogP contribution in [0.1, 0.15) is 31.8 Å². The molecule has 0 radical (unpaired) electrons. The Morgan fingerprint density at radius 1 is 0.296 bits per heavy atom. The van der Waals surface area contributed by atoms with Crippen LogP contribution in [-0.4, -0.2) is 48.1 Å². The van der Waals surface area contributed by atoms with Gasteiger partial charge < -0.3 is 23.8 Å². The van der Waals surface area contributed by atoms with Crippen molar-refractivity contribution in [1.29, 1.82) is 0 Å². The van der Waals surface area contributed by atoms with Gasteiger partial charge in [-0.25, -0.2) is 34.5 Å². The molecule has 2 aliphatic heterocycles. The van der Waals surface area contributed by atoms with E-state index in [4.69, 9.17) is 34.4 Å². The van der Waals surface area contributed by atoms with Crippen LogP contribution >= 0.6 is 0 Å². The fraction of sp³-hybridized carbons (Fsp3) is 0.0211. The maximum Gasteiger partial charge on any atom is 0.338 e. The summed E-state index contributed by atoms with van der Waals surface area (Å²) in [5.41, 5.74) is 23.3. The standard InChI is InChI=1S/C95H63BN8O4/c105-94(107-60-62-25-7-1-8-26-62)71-48-53-82-75(57-71)76-58-72(95(106)108-61-63-27-9-2-10-28-63)49-54-83(76)104(82)84-52-47-70(92-100-90(66-31-13-4-14-32-66)99-91(101-92)67-33-15-5-16-34-67)56-77(84)93-97-80(65-29-11-3-12-30-65)59-81(98-93)69-36-23-35-68(55-69)64-45-50-74(51-46-64)103-86-42-22-20-40-79(86)96-78-39-19-21-41-85(78)102(73-37-17-6-18-38-73)87-43-24-44-88(103)89(87)96/h1-59H,60-61H2. The number of fused-ring (bicyclic) bond motifs is 7. The topological polar surface area (TPSA) is 128 Å². The number of nitrogens with zero attached hydrogens (tertiary/aromatic N) is 8. The zero-order valence-electron chi connectivity index (χ0n) is 58.3. The molecule has 0 saturated heterocycles. The number of rotatable bonds is 16. The number of ether oxygens (including phenoxy) is 2. The average molecular weight is 1390 g/mol. The number of benzene rings is 14. The lowest BCUT2D eigenvalue weighted by Crippen LogP contribution is -2.61. The number of hydrogen-bond donors (Lipinski definition) is 0. The van der Waals surface area contributed by atoms with Gasteiger partial charge in [-0.3, -0.25) is 0 Å². The largest absolute Gasteiger partial charge is 0.457 e. The van der Waals surface area contributed by atoms with Crippen molar-refractivity contribution >= 4 is 91.0 Å². The Bertz CT molecular complexity index is 6140. The third kappa shape index (κ3) is 12.0. The molecule has 17 aromatic rings. The molecule has 14 aromatic carbocycles. The Balaban J connectivity index is 0.762. The van der Waals surface area contributed by atoms with Gasteiger partial charge >= 0.3 is 11.9 Å². The van der Waals surface area contributed by atoms with Crippen LogP contribution < -0.4 is 26.2 Å². The van der Waals surface area contributed by atoms with Crippen molar-refractivity contribution in [3.05, 3.63) is 380 Å². The lowest BCUT2D eigenvalue weighted by Gasteiger charge is -2.44. The highest BCUT2D eigenvalue weighted by Gasteiger charge is 2.43. The van der Waals surface area contributed by atoms with E-state index in [1.165, 1.54) is 22.1 Å². The van der Waals surface area contributed by atoms with Gasteiger partial charge in [-0.1, -0.05) is 243 Å². The maximum atomic E-state index is 14.2. The van der Waals surface area contributed by atoms with E-state index in [0.717, 1.165) is 84.0 Å².